The lowest BCUT2D eigenvalue weighted by atomic mass is 9.99. The molecule has 0 spiro atoms. The summed E-state index contributed by atoms with van der Waals surface area (Å²) >= 11 is 0. The molecule has 0 amide bonds. The van der Waals surface area contributed by atoms with Gasteiger partial charge >= 0.3 is 0 Å². The Morgan fingerprint density at radius 3 is 3.16 bits per heavy atom. The predicted octanol–water partition coefficient (Wildman–Crippen LogP) is 2.46. The molecular weight excluding hydrogens is 390 g/mol. The van der Waals surface area contributed by atoms with E-state index in [9.17, 15) is 0 Å². The summed E-state index contributed by atoms with van der Waals surface area (Å²) in [6, 6.07) is 10.8. The first-order valence-corrected chi connectivity index (χ1v) is 10.6. The molecule has 0 saturated carbocycles. The summed E-state index contributed by atoms with van der Waals surface area (Å²) in [5.74, 6) is 0. The van der Waals surface area contributed by atoms with Gasteiger partial charge in [0, 0.05) is 41.7 Å². The van der Waals surface area contributed by atoms with Gasteiger partial charge in [0.05, 0.1) is 36.6 Å². The van der Waals surface area contributed by atoms with Crippen LogP contribution in [0, 0.1) is 0 Å². The van der Waals surface area contributed by atoms with Gasteiger partial charge in [0.15, 0.2) is 0 Å². The highest BCUT2D eigenvalue weighted by Crippen LogP contribution is 2.32. The largest absolute Gasteiger partial charge is 0.379 e. The lowest BCUT2D eigenvalue weighted by Gasteiger charge is -2.31. The van der Waals surface area contributed by atoms with Crippen LogP contribution in [0.3, 0.4) is 0 Å². The zero-order valence-electron chi connectivity index (χ0n) is 17.4. The van der Waals surface area contributed by atoms with Crippen molar-refractivity contribution < 1.29 is 4.74 Å². The standard InChI is InChI=1S/C23H25N7O/c1-23-22(10-18(11-25-23)19-12-26-29(14-19)20-6-8-31-15-20)30(28-27-23)13-16-4-5-21-17(9-16)3-2-7-24-21/h2-5,7,9-12,14,20,25,27-28H,6,8,13,15H2,1H3. The number of rotatable bonds is 4. The minimum absolute atomic E-state index is 0.331. The van der Waals surface area contributed by atoms with Crippen LogP contribution in [0.25, 0.3) is 16.5 Å². The van der Waals surface area contributed by atoms with E-state index in [1.807, 2.05) is 23.1 Å². The summed E-state index contributed by atoms with van der Waals surface area (Å²) in [7, 11) is 0. The monoisotopic (exact) mass is 415 g/mol. The molecule has 2 atom stereocenters. The second-order valence-electron chi connectivity index (χ2n) is 8.48. The number of pyridine rings is 1. The first-order chi connectivity index (χ1) is 15.2. The normalized spacial score (nSPS) is 25.3. The lowest BCUT2D eigenvalue weighted by molar-refractivity contribution is 0.184. The van der Waals surface area contributed by atoms with E-state index < -0.39 is 0 Å². The van der Waals surface area contributed by atoms with Crippen LogP contribution >= 0.6 is 0 Å². The van der Waals surface area contributed by atoms with Crippen molar-refractivity contribution in [1.29, 1.82) is 0 Å². The SMILES string of the molecule is CC12NC=C(c3cnn(C4CCOC4)c3)C=C1N(Cc1ccc3ncccc3c1)NN2. The van der Waals surface area contributed by atoms with Crippen LogP contribution in [0.5, 0.6) is 0 Å². The predicted molar refractivity (Wildman–Crippen MR) is 118 cm³/mol. The van der Waals surface area contributed by atoms with Crippen LogP contribution in [0.1, 0.15) is 30.5 Å². The zero-order valence-corrected chi connectivity index (χ0v) is 17.4. The summed E-state index contributed by atoms with van der Waals surface area (Å²) in [6.07, 6.45) is 11.2. The minimum atomic E-state index is -0.378. The first kappa shape index (κ1) is 18.6. The Kier molecular flexibility index (Phi) is 4.31. The van der Waals surface area contributed by atoms with Crippen molar-refractivity contribution in [1.82, 2.24) is 36.1 Å². The van der Waals surface area contributed by atoms with Gasteiger partial charge in [-0.05, 0) is 43.2 Å². The highest BCUT2D eigenvalue weighted by atomic mass is 16.5. The van der Waals surface area contributed by atoms with Crippen molar-refractivity contribution in [3.8, 4) is 0 Å². The maximum Gasteiger partial charge on any atom is 0.142 e. The molecule has 31 heavy (non-hydrogen) atoms. The van der Waals surface area contributed by atoms with Crippen LogP contribution in [0.15, 0.2) is 66.9 Å². The van der Waals surface area contributed by atoms with E-state index in [1.165, 1.54) is 5.56 Å². The molecule has 3 aliphatic heterocycles. The molecule has 1 aromatic carbocycles. The fraction of sp³-hybridized carbons (Fsp3) is 0.304. The Bertz CT molecular complexity index is 1190. The number of allylic oxidation sites excluding steroid dienone is 2. The van der Waals surface area contributed by atoms with E-state index in [-0.39, 0.29) is 5.66 Å². The van der Waals surface area contributed by atoms with E-state index in [0.29, 0.717) is 6.04 Å². The third kappa shape index (κ3) is 3.29. The lowest BCUT2D eigenvalue weighted by Crippen LogP contribution is -2.52. The Morgan fingerprint density at radius 1 is 1.29 bits per heavy atom. The number of dihydropyridines is 1. The van der Waals surface area contributed by atoms with E-state index in [1.54, 1.807) is 0 Å². The molecule has 8 nitrogen and oxygen atoms in total. The number of nitrogens with zero attached hydrogens (tertiary/aromatic N) is 4. The molecule has 2 fully saturated rings. The van der Waals surface area contributed by atoms with Gasteiger partial charge in [0.25, 0.3) is 0 Å². The number of aromatic nitrogens is 3. The van der Waals surface area contributed by atoms with E-state index in [0.717, 1.165) is 53.9 Å². The zero-order chi connectivity index (χ0) is 20.8. The summed E-state index contributed by atoms with van der Waals surface area (Å²) in [4.78, 5) is 4.42. The highest BCUT2D eigenvalue weighted by molar-refractivity contribution is 5.79. The summed E-state index contributed by atoms with van der Waals surface area (Å²) < 4.78 is 7.54. The molecule has 2 saturated heterocycles. The molecule has 0 radical (unpaired) electrons. The molecule has 8 heteroatoms. The van der Waals surface area contributed by atoms with Crippen molar-refractivity contribution in [2.75, 3.05) is 13.2 Å². The molecule has 6 rings (SSSR count). The topological polar surface area (TPSA) is 79.3 Å². The molecule has 0 aliphatic carbocycles. The maximum absolute atomic E-state index is 5.51. The van der Waals surface area contributed by atoms with Crippen molar-refractivity contribution in [3.63, 3.8) is 0 Å². The average molecular weight is 416 g/mol. The number of hydrogen-bond donors (Lipinski definition) is 3. The van der Waals surface area contributed by atoms with Gasteiger partial charge in [-0.1, -0.05) is 12.1 Å². The maximum atomic E-state index is 5.51. The molecule has 3 aliphatic rings. The number of ether oxygens (including phenoxy) is 1. The van der Waals surface area contributed by atoms with Crippen LogP contribution in [0.2, 0.25) is 0 Å². The van der Waals surface area contributed by atoms with Gasteiger partial charge in [0.2, 0.25) is 0 Å². The molecule has 0 bridgehead atoms. The second kappa shape index (κ2) is 7.19. The third-order valence-electron chi connectivity index (χ3n) is 6.28. The fourth-order valence-corrected chi connectivity index (χ4v) is 4.43. The Morgan fingerprint density at radius 2 is 2.26 bits per heavy atom. The van der Waals surface area contributed by atoms with E-state index in [4.69, 9.17) is 4.74 Å². The van der Waals surface area contributed by atoms with Crippen molar-refractivity contribution in [3.05, 3.63) is 78.0 Å². The van der Waals surface area contributed by atoms with Crippen LogP contribution in [0.4, 0.5) is 0 Å². The van der Waals surface area contributed by atoms with Crippen molar-refractivity contribution in [2.24, 2.45) is 0 Å². The molecular formula is C23H25N7O. The van der Waals surface area contributed by atoms with E-state index >= 15 is 0 Å². The molecule has 3 N–H and O–H groups in total. The van der Waals surface area contributed by atoms with Crippen molar-refractivity contribution in [2.45, 2.75) is 31.6 Å². The number of hydrogen-bond acceptors (Lipinski definition) is 7. The quantitative estimate of drug-likeness (QED) is 0.604. The van der Waals surface area contributed by atoms with E-state index in [2.05, 4.69) is 81.0 Å². The van der Waals surface area contributed by atoms with Gasteiger partial charge in [0.1, 0.15) is 5.66 Å². The van der Waals surface area contributed by atoms with Gasteiger partial charge in [-0.2, -0.15) is 10.6 Å². The number of hydrazine groups is 2. The Hall–Kier alpha value is -3.20. The van der Waals surface area contributed by atoms with Gasteiger partial charge in [-0.3, -0.25) is 14.7 Å². The molecule has 158 valence electrons. The highest BCUT2D eigenvalue weighted by Gasteiger charge is 2.40. The summed E-state index contributed by atoms with van der Waals surface area (Å²) in [5, 5.41) is 11.4. The number of nitrogens with one attached hydrogen (secondary N) is 3. The third-order valence-corrected chi connectivity index (χ3v) is 6.28. The molecule has 5 heterocycles. The smallest absolute Gasteiger partial charge is 0.142 e. The van der Waals surface area contributed by atoms with Crippen LogP contribution < -0.4 is 16.3 Å². The summed E-state index contributed by atoms with van der Waals surface area (Å²) in [5.41, 5.74) is 11.9. The fourth-order valence-electron chi connectivity index (χ4n) is 4.43. The van der Waals surface area contributed by atoms with Gasteiger partial charge in [-0.15, -0.1) is 0 Å². The first-order valence-electron chi connectivity index (χ1n) is 10.6. The van der Waals surface area contributed by atoms with Crippen LogP contribution in [-0.4, -0.2) is 38.6 Å². The average Bonchev–Trinajstić information content (AvgIpc) is 3.54. The van der Waals surface area contributed by atoms with Crippen molar-refractivity contribution >= 4 is 16.5 Å². The van der Waals surface area contributed by atoms with Gasteiger partial charge < -0.3 is 10.1 Å². The Balaban J connectivity index is 1.27. The summed E-state index contributed by atoms with van der Waals surface area (Å²) in [6.45, 7) is 4.40. The minimum Gasteiger partial charge on any atom is -0.379 e. The van der Waals surface area contributed by atoms with Gasteiger partial charge in [-0.25, -0.2) is 5.43 Å². The number of benzene rings is 1. The number of fused-ring (bicyclic) bond motifs is 2. The molecule has 2 aromatic heterocycles. The molecule has 3 aromatic rings. The second-order valence-corrected chi connectivity index (χ2v) is 8.48. The molecule has 2 unspecified atom stereocenters. The van der Waals surface area contributed by atoms with Crippen LogP contribution in [-0.2, 0) is 11.3 Å². The Labute approximate surface area is 180 Å².